The molecular weight excluding hydrogens is 336 g/mol. The van der Waals surface area contributed by atoms with Gasteiger partial charge in [-0.1, -0.05) is 18.2 Å². The van der Waals surface area contributed by atoms with E-state index >= 15 is 0 Å². The van der Waals surface area contributed by atoms with Crippen LogP contribution in [0, 0.1) is 0 Å². The molecule has 0 unspecified atom stereocenters. The van der Waals surface area contributed by atoms with E-state index in [0.717, 1.165) is 5.56 Å². The van der Waals surface area contributed by atoms with Gasteiger partial charge in [-0.15, -0.1) is 0 Å². The van der Waals surface area contributed by atoms with Crippen molar-refractivity contribution in [3.63, 3.8) is 0 Å². The van der Waals surface area contributed by atoms with Crippen molar-refractivity contribution >= 4 is 17.6 Å². The SMILES string of the molecule is CC1(C)OC(=O)C(=CNc2ccccc2OCc2cccnc2)C(=O)O1. The standard InChI is InChI=1S/C19H18N2O5/c1-19(2)25-17(22)14(18(23)26-19)11-21-15-7-3-4-8-16(15)24-12-13-6-5-9-20-10-13/h3-11,21H,12H2,1-2H3. The van der Waals surface area contributed by atoms with E-state index in [2.05, 4.69) is 10.3 Å². The van der Waals surface area contributed by atoms with Crippen molar-refractivity contribution in [1.29, 1.82) is 0 Å². The number of cyclic esters (lactones) is 2. The minimum atomic E-state index is -1.27. The number of anilines is 1. The Morgan fingerprint density at radius 3 is 2.54 bits per heavy atom. The number of rotatable bonds is 5. The van der Waals surface area contributed by atoms with Gasteiger partial charge in [0.1, 0.15) is 12.4 Å². The van der Waals surface area contributed by atoms with Crippen LogP contribution in [-0.2, 0) is 25.7 Å². The summed E-state index contributed by atoms with van der Waals surface area (Å²) in [5.74, 6) is -2.19. The Balaban J connectivity index is 1.72. The molecule has 1 N–H and O–H groups in total. The zero-order valence-corrected chi connectivity index (χ0v) is 14.4. The summed E-state index contributed by atoms with van der Waals surface area (Å²) in [6, 6.07) is 10.9. The molecule has 0 atom stereocenters. The van der Waals surface area contributed by atoms with Gasteiger partial charge >= 0.3 is 11.9 Å². The summed E-state index contributed by atoms with van der Waals surface area (Å²) in [5, 5.41) is 2.90. The molecule has 0 spiro atoms. The number of nitrogens with one attached hydrogen (secondary N) is 1. The predicted molar refractivity (Wildman–Crippen MR) is 93.0 cm³/mol. The molecule has 1 fully saturated rings. The third-order valence-electron chi connectivity index (χ3n) is 3.49. The molecule has 1 aromatic heterocycles. The number of hydrogen-bond acceptors (Lipinski definition) is 7. The number of aromatic nitrogens is 1. The molecule has 0 saturated carbocycles. The first-order valence-corrected chi connectivity index (χ1v) is 7.99. The highest BCUT2D eigenvalue weighted by Gasteiger charge is 2.38. The normalized spacial score (nSPS) is 15.7. The number of benzene rings is 1. The second-order valence-corrected chi connectivity index (χ2v) is 6.03. The van der Waals surface area contributed by atoms with Gasteiger partial charge in [0.2, 0.25) is 0 Å². The minimum Gasteiger partial charge on any atom is -0.487 e. The third-order valence-corrected chi connectivity index (χ3v) is 3.49. The van der Waals surface area contributed by atoms with Gasteiger partial charge in [-0.25, -0.2) is 9.59 Å². The van der Waals surface area contributed by atoms with Gasteiger partial charge in [-0.2, -0.15) is 0 Å². The van der Waals surface area contributed by atoms with Crippen molar-refractivity contribution in [2.75, 3.05) is 5.32 Å². The van der Waals surface area contributed by atoms with Crippen molar-refractivity contribution < 1.29 is 23.8 Å². The molecule has 1 saturated heterocycles. The maximum absolute atomic E-state index is 12.0. The highest BCUT2D eigenvalue weighted by atomic mass is 16.7. The summed E-state index contributed by atoms with van der Waals surface area (Å²) in [4.78, 5) is 28.0. The smallest absolute Gasteiger partial charge is 0.350 e. The van der Waals surface area contributed by atoms with Gasteiger partial charge in [0.15, 0.2) is 5.57 Å². The van der Waals surface area contributed by atoms with E-state index in [-0.39, 0.29) is 5.57 Å². The van der Waals surface area contributed by atoms with Crippen molar-refractivity contribution in [3.05, 3.63) is 66.1 Å². The molecule has 0 amide bonds. The molecule has 1 aromatic carbocycles. The lowest BCUT2D eigenvalue weighted by atomic mass is 10.2. The van der Waals surface area contributed by atoms with E-state index in [1.54, 1.807) is 30.6 Å². The van der Waals surface area contributed by atoms with E-state index < -0.39 is 17.7 Å². The van der Waals surface area contributed by atoms with Gasteiger partial charge in [0.05, 0.1) is 5.69 Å². The van der Waals surface area contributed by atoms with Crippen LogP contribution in [-0.4, -0.2) is 22.7 Å². The molecule has 26 heavy (non-hydrogen) atoms. The van der Waals surface area contributed by atoms with Gasteiger partial charge in [-0.3, -0.25) is 4.98 Å². The number of carbonyl (C=O) groups is 2. The van der Waals surface area contributed by atoms with E-state index in [9.17, 15) is 9.59 Å². The summed E-state index contributed by atoms with van der Waals surface area (Å²) < 4.78 is 15.9. The van der Waals surface area contributed by atoms with Gasteiger partial charge in [0, 0.05) is 38.0 Å². The lowest BCUT2D eigenvalue weighted by Crippen LogP contribution is -2.42. The lowest BCUT2D eigenvalue weighted by molar-refractivity contribution is -0.222. The van der Waals surface area contributed by atoms with E-state index in [1.165, 1.54) is 20.0 Å². The molecule has 7 nitrogen and oxygen atoms in total. The Hall–Kier alpha value is -3.35. The van der Waals surface area contributed by atoms with Gasteiger partial charge in [0.25, 0.3) is 5.79 Å². The Morgan fingerprint density at radius 1 is 1.12 bits per heavy atom. The highest BCUT2D eigenvalue weighted by molar-refractivity contribution is 6.15. The second kappa shape index (κ2) is 7.26. The molecule has 1 aliphatic rings. The first kappa shape index (κ1) is 17.5. The number of nitrogens with zero attached hydrogens (tertiary/aromatic N) is 1. The maximum atomic E-state index is 12.0. The van der Waals surface area contributed by atoms with Crippen LogP contribution in [0.2, 0.25) is 0 Å². The fraction of sp³-hybridized carbons (Fsp3) is 0.211. The quantitative estimate of drug-likeness (QED) is 0.502. The monoisotopic (exact) mass is 354 g/mol. The number of pyridine rings is 1. The average molecular weight is 354 g/mol. The van der Waals surface area contributed by atoms with Crippen molar-refractivity contribution in [2.45, 2.75) is 26.2 Å². The van der Waals surface area contributed by atoms with Crippen LogP contribution in [0.15, 0.2) is 60.6 Å². The van der Waals surface area contributed by atoms with Crippen LogP contribution in [0.4, 0.5) is 5.69 Å². The summed E-state index contributed by atoms with van der Waals surface area (Å²) in [6.07, 6.45) is 4.66. The zero-order valence-electron chi connectivity index (χ0n) is 14.4. The highest BCUT2D eigenvalue weighted by Crippen LogP contribution is 2.26. The van der Waals surface area contributed by atoms with E-state index in [1.807, 2.05) is 18.2 Å². The van der Waals surface area contributed by atoms with E-state index in [4.69, 9.17) is 14.2 Å². The van der Waals surface area contributed by atoms with Crippen molar-refractivity contribution in [1.82, 2.24) is 4.98 Å². The Kier molecular flexibility index (Phi) is 4.88. The maximum Gasteiger partial charge on any atom is 0.350 e. The van der Waals surface area contributed by atoms with Crippen LogP contribution in [0.5, 0.6) is 5.75 Å². The van der Waals surface area contributed by atoms with Crippen LogP contribution >= 0.6 is 0 Å². The molecule has 3 rings (SSSR count). The molecule has 2 heterocycles. The molecule has 7 heteroatoms. The molecule has 1 aliphatic heterocycles. The van der Waals surface area contributed by atoms with Gasteiger partial charge in [-0.05, 0) is 18.2 Å². The Morgan fingerprint density at radius 2 is 1.85 bits per heavy atom. The predicted octanol–water partition coefficient (Wildman–Crippen LogP) is 2.79. The van der Waals surface area contributed by atoms with E-state index in [0.29, 0.717) is 18.0 Å². The first-order chi connectivity index (χ1) is 12.4. The zero-order chi connectivity index (χ0) is 18.6. The fourth-order valence-electron chi connectivity index (χ4n) is 2.28. The number of esters is 2. The Bertz CT molecular complexity index is 824. The number of ether oxygens (including phenoxy) is 3. The fourth-order valence-corrected chi connectivity index (χ4v) is 2.28. The largest absolute Gasteiger partial charge is 0.487 e. The topological polar surface area (TPSA) is 86.8 Å². The lowest BCUT2D eigenvalue weighted by Gasteiger charge is -2.29. The van der Waals surface area contributed by atoms with Crippen LogP contribution in [0.25, 0.3) is 0 Å². The molecule has 0 radical (unpaired) electrons. The second-order valence-electron chi connectivity index (χ2n) is 6.03. The third kappa shape index (κ3) is 4.18. The molecular formula is C19H18N2O5. The van der Waals surface area contributed by atoms with Crippen LogP contribution in [0.3, 0.4) is 0 Å². The average Bonchev–Trinajstić information content (AvgIpc) is 2.60. The van der Waals surface area contributed by atoms with Crippen LogP contribution < -0.4 is 10.1 Å². The number of carbonyl (C=O) groups excluding carboxylic acids is 2. The molecule has 0 bridgehead atoms. The summed E-state index contributed by atoms with van der Waals surface area (Å²) in [6.45, 7) is 3.32. The van der Waals surface area contributed by atoms with Crippen molar-refractivity contribution in [2.24, 2.45) is 0 Å². The summed E-state index contributed by atoms with van der Waals surface area (Å²) >= 11 is 0. The summed E-state index contributed by atoms with van der Waals surface area (Å²) in [7, 11) is 0. The molecule has 0 aliphatic carbocycles. The number of para-hydroxylation sites is 2. The van der Waals surface area contributed by atoms with Gasteiger partial charge < -0.3 is 19.5 Å². The first-order valence-electron chi connectivity index (χ1n) is 7.99. The summed E-state index contributed by atoms with van der Waals surface area (Å²) in [5.41, 5.74) is 1.29. The van der Waals surface area contributed by atoms with Crippen LogP contribution in [0.1, 0.15) is 19.4 Å². The van der Waals surface area contributed by atoms with Crippen molar-refractivity contribution in [3.8, 4) is 5.75 Å². The Labute approximate surface area is 150 Å². The number of hydrogen-bond donors (Lipinski definition) is 1. The minimum absolute atomic E-state index is 0.216. The molecule has 134 valence electrons. The molecule has 2 aromatic rings.